The van der Waals surface area contributed by atoms with Crippen molar-refractivity contribution in [1.29, 1.82) is 0 Å². The Morgan fingerprint density at radius 2 is 1.93 bits per heavy atom. The van der Waals surface area contributed by atoms with Gasteiger partial charge in [0.05, 0.1) is 37.5 Å². The summed E-state index contributed by atoms with van der Waals surface area (Å²) < 4.78 is 23.0. The predicted molar refractivity (Wildman–Crippen MR) is 108 cm³/mol. The van der Waals surface area contributed by atoms with E-state index in [1.807, 2.05) is 36.4 Å². The van der Waals surface area contributed by atoms with Crippen LogP contribution in [0.15, 0.2) is 52.8 Å². The fourth-order valence-corrected chi connectivity index (χ4v) is 3.95. The minimum absolute atomic E-state index is 0.174. The number of carbonyl (C=O) groups is 1. The normalized spacial score (nSPS) is 18.2. The molecule has 3 aromatic rings. The summed E-state index contributed by atoms with van der Waals surface area (Å²) in [5.41, 5.74) is 2.93. The molecule has 1 aromatic heterocycles. The van der Waals surface area contributed by atoms with E-state index in [0.29, 0.717) is 48.2 Å². The number of rotatable bonds is 4. The molecule has 0 radical (unpaired) electrons. The summed E-state index contributed by atoms with van der Waals surface area (Å²) in [6.07, 6.45) is 3.39. The Hall–Kier alpha value is -3.09. The van der Waals surface area contributed by atoms with E-state index < -0.39 is 0 Å². The summed E-state index contributed by atoms with van der Waals surface area (Å²) in [4.78, 5) is 15.5. The minimum Gasteiger partial charge on any atom is -0.495 e. The van der Waals surface area contributed by atoms with E-state index in [4.69, 9.17) is 18.6 Å². The first-order chi connectivity index (χ1) is 14.3. The molecule has 0 spiro atoms. The Bertz CT molecular complexity index is 1090. The van der Waals surface area contributed by atoms with Gasteiger partial charge in [-0.1, -0.05) is 30.3 Å². The Labute approximate surface area is 168 Å². The summed E-state index contributed by atoms with van der Waals surface area (Å²) >= 11 is 0. The molecule has 2 aliphatic rings. The largest absolute Gasteiger partial charge is 0.495 e. The molecule has 2 aliphatic heterocycles. The molecule has 0 atom stereocenters. The smallest absolute Gasteiger partial charge is 0.235 e. The molecule has 1 saturated heterocycles. The van der Waals surface area contributed by atoms with Crippen LogP contribution in [0.5, 0.6) is 11.5 Å². The molecule has 0 N–H and O–H groups in total. The van der Waals surface area contributed by atoms with Crippen LogP contribution in [0.1, 0.15) is 21.5 Å². The van der Waals surface area contributed by atoms with E-state index in [2.05, 4.69) is 4.90 Å². The van der Waals surface area contributed by atoms with Gasteiger partial charge in [-0.25, -0.2) is 0 Å². The van der Waals surface area contributed by atoms with E-state index in [0.717, 1.165) is 29.6 Å². The maximum Gasteiger partial charge on any atom is 0.235 e. The molecule has 148 valence electrons. The lowest BCUT2D eigenvalue weighted by Crippen LogP contribution is -2.35. The van der Waals surface area contributed by atoms with Gasteiger partial charge in [0.25, 0.3) is 0 Å². The van der Waals surface area contributed by atoms with Crippen molar-refractivity contribution in [2.24, 2.45) is 0 Å². The lowest BCUT2D eigenvalue weighted by atomic mass is 10.0. The molecule has 29 heavy (non-hydrogen) atoms. The molecule has 6 heteroatoms. The zero-order valence-corrected chi connectivity index (χ0v) is 16.1. The SMILES string of the molecule is COc1c2c(c(CN3CCOCC3)c3occc13)O/C(=C/c1ccccc1)C2=O. The average molecular weight is 391 g/mol. The van der Waals surface area contributed by atoms with Crippen LogP contribution in [0, 0.1) is 0 Å². The second kappa shape index (κ2) is 7.39. The van der Waals surface area contributed by atoms with Crippen LogP contribution in [-0.4, -0.2) is 44.1 Å². The van der Waals surface area contributed by atoms with Gasteiger partial charge < -0.3 is 18.6 Å². The van der Waals surface area contributed by atoms with Crippen molar-refractivity contribution in [3.63, 3.8) is 0 Å². The molecular weight excluding hydrogens is 370 g/mol. The van der Waals surface area contributed by atoms with Crippen molar-refractivity contribution in [1.82, 2.24) is 4.90 Å². The first-order valence-electron chi connectivity index (χ1n) is 9.65. The first kappa shape index (κ1) is 18.0. The van der Waals surface area contributed by atoms with Gasteiger partial charge in [0, 0.05) is 19.6 Å². The second-order valence-corrected chi connectivity index (χ2v) is 7.12. The molecule has 0 aliphatic carbocycles. The number of methoxy groups -OCH3 is 1. The zero-order valence-electron chi connectivity index (χ0n) is 16.1. The Balaban J connectivity index is 1.64. The molecule has 0 amide bonds. The number of hydrogen-bond acceptors (Lipinski definition) is 6. The summed E-state index contributed by atoms with van der Waals surface area (Å²) in [5.74, 6) is 1.14. The molecule has 2 aromatic carbocycles. The number of morpholine rings is 1. The van der Waals surface area contributed by atoms with Gasteiger partial charge in [-0.15, -0.1) is 0 Å². The van der Waals surface area contributed by atoms with Crippen LogP contribution in [0.2, 0.25) is 0 Å². The lowest BCUT2D eigenvalue weighted by Gasteiger charge is -2.27. The standard InChI is InChI=1S/C23H21NO5/c1-26-22-16-7-10-28-21(16)17(14-24-8-11-27-12-9-24)23-19(22)20(25)18(29-23)13-15-5-3-2-4-6-15/h2-7,10,13H,8-9,11-12,14H2,1H3/b18-13+. The number of carbonyl (C=O) groups excluding carboxylic acids is 1. The van der Waals surface area contributed by atoms with Gasteiger partial charge >= 0.3 is 0 Å². The number of benzene rings is 2. The first-order valence-corrected chi connectivity index (χ1v) is 9.65. The monoisotopic (exact) mass is 391 g/mol. The van der Waals surface area contributed by atoms with Crippen molar-refractivity contribution in [2.45, 2.75) is 6.54 Å². The maximum absolute atomic E-state index is 13.3. The Kier molecular flexibility index (Phi) is 4.58. The highest BCUT2D eigenvalue weighted by Gasteiger charge is 2.37. The van der Waals surface area contributed by atoms with E-state index in [1.54, 1.807) is 19.4 Å². The number of nitrogens with zero attached hydrogens (tertiary/aromatic N) is 1. The minimum atomic E-state index is -0.174. The van der Waals surface area contributed by atoms with E-state index in [9.17, 15) is 4.79 Å². The summed E-state index contributed by atoms with van der Waals surface area (Å²) in [7, 11) is 1.57. The van der Waals surface area contributed by atoms with Crippen LogP contribution in [-0.2, 0) is 11.3 Å². The molecule has 3 heterocycles. The molecule has 0 unspecified atom stereocenters. The molecule has 0 bridgehead atoms. The maximum atomic E-state index is 13.3. The summed E-state index contributed by atoms with van der Waals surface area (Å²) in [5, 5.41) is 0.785. The summed E-state index contributed by atoms with van der Waals surface area (Å²) in [6.45, 7) is 3.65. The van der Waals surface area contributed by atoms with Crippen LogP contribution in [0.3, 0.4) is 0 Å². The van der Waals surface area contributed by atoms with Gasteiger partial charge in [-0.3, -0.25) is 9.69 Å². The van der Waals surface area contributed by atoms with Gasteiger partial charge in [0.15, 0.2) is 11.5 Å². The Morgan fingerprint density at radius 1 is 1.14 bits per heavy atom. The number of hydrogen-bond donors (Lipinski definition) is 0. The van der Waals surface area contributed by atoms with Crippen molar-refractivity contribution in [2.75, 3.05) is 33.4 Å². The molecule has 0 saturated carbocycles. The third-order valence-corrected chi connectivity index (χ3v) is 5.36. The van der Waals surface area contributed by atoms with Crippen LogP contribution < -0.4 is 9.47 Å². The highest BCUT2D eigenvalue weighted by molar-refractivity contribution is 6.19. The highest BCUT2D eigenvalue weighted by Crippen LogP contribution is 2.47. The number of ether oxygens (including phenoxy) is 3. The fraction of sp³-hybridized carbons (Fsp3) is 0.261. The number of furan rings is 1. The lowest BCUT2D eigenvalue weighted by molar-refractivity contribution is 0.0340. The molecule has 5 rings (SSSR count). The third-order valence-electron chi connectivity index (χ3n) is 5.36. The van der Waals surface area contributed by atoms with Crippen LogP contribution in [0.4, 0.5) is 0 Å². The number of fused-ring (bicyclic) bond motifs is 2. The van der Waals surface area contributed by atoms with E-state index >= 15 is 0 Å². The topological polar surface area (TPSA) is 61.1 Å². The van der Waals surface area contributed by atoms with Crippen molar-refractivity contribution < 1.29 is 23.4 Å². The molecule has 6 nitrogen and oxygen atoms in total. The van der Waals surface area contributed by atoms with E-state index in [-0.39, 0.29) is 5.78 Å². The van der Waals surface area contributed by atoms with Crippen molar-refractivity contribution >= 4 is 22.8 Å². The number of ketones is 1. The van der Waals surface area contributed by atoms with Gasteiger partial charge in [-0.05, 0) is 17.7 Å². The zero-order chi connectivity index (χ0) is 19.8. The number of Topliss-reactive ketones (excluding diaryl/α,β-unsaturated/α-hetero) is 1. The second-order valence-electron chi connectivity index (χ2n) is 7.12. The molecular formula is C23H21NO5. The number of allylic oxidation sites excluding steroid dienone is 1. The van der Waals surface area contributed by atoms with Gasteiger partial charge in [0.1, 0.15) is 16.9 Å². The van der Waals surface area contributed by atoms with Crippen molar-refractivity contribution in [3.8, 4) is 11.5 Å². The third kappa shape index (κ3) is 3.10. The Morgan fingerprint density at radius 3 is 2.69 bits per heavy atom. The highest BCUT2D eigenvalue weighted by atomic mass is 16.5. The van der Waals surface area contributed by atoms with Crippen LogP contribution >= 0.6 is 0 Å². The van der Waals surface area contributed by atoms with E-state index in [1.165, 1.54) is 0 Å². The average Bonchev–Trinajstić information content (AvgIpc) is 3.36. The predicted octanol–water partition coefficient (Wildman–Crippen LogP) is 3.89. The van der Waals surface area contributed by atoms with Gasteiger partial charge in [-0.2, -0.15) is 0 Å². The fourth-order valence-electron chi connectivity index (χ4n) is 3.95. The molecule has 1 fully saturated rings. The van der Waals surface area contributed by atoms with Crippen LogP contribution in [0.25, 0.3) is 17.0 Å². The summed E-state index contributed by atoms with van der Waals surface area (Å²) in [6, 6.07) is 11.5. The van der Waals surface area contributed by atoms with Crippen molar-refractivity contribution in [3.05, 3.63) is 65.1 Å². The quantitative estimate of drug-likeness (QED) is 0.629. The van der Waals surface area contributed by atoms with Gasteiger partial charge in [0.2, 0.25) is 5.78 Å².